The second kappa shape index (κ2) is 6.19. The average molecular weight is 240 g/mol. The predicted octanol–water partition coefficient (Wildman–Crippen LogP) is 4.79. The molecule has 0 unspecified atom stereocenters. The summed E-state index contributed by atoms with van der Waals surface area (Å²) in [6.07, 6.45) is 14.0. The summed E-state index contributed by atoms with van der Waals surface area (Å²) < 4.78 is 0. The van der Waals surface area contributed by atoms with Gasteiger partial charge >= 0.3 is 0 Å². The first kappa shape index (κ1) is 13.4. The van der Waals surface area contributed by atoms with E-state index in [1.54, 1.807) is 0 Å². The van der Waals surface area contributed by atoms with E-state index >= 15 is 0 Å². The fourth-order valence-corrected chi connectivity index (χ4v) is 4.31. The van der Waals surface area contributed by atoms with Crippen LogP contribution >= 0.6 is 0 Å². The van der Waals surface area contributed by atoms with Gasteiger partial charge in [-0.05, 0) is 43.9 Å². The highest BCUT2D eigenvalue weighted by molar-refractivity contribution is 4.94. The zero-order valence-electron chi connectivity index (χ0n) is 11.3. The van der Waals surface area contributed by atoms with Crippen molar-refractivity contribution in [2.75, 3.05) is 0 Å². The number of rotatable bonds is 4. The van der Waals surface area contributed by atoms with Crippen LogP contribution in [-0.2, 0) is 4.89 Å². The molecule has 2 aliphatic rings. The maximum atomic E-state index is 9.58. The van der Waals surface area contributed by atoms with E-state index in [1.807, 2.05) is 0 Å². The molecule has 0 saturated heterocycles. The van der Waals surface area contributed by atoms with Crippen LogP contribution < -0.4 is 0 Å². The molecule has 2 saturated carbocycles. The molecule has 0 bridgehead atoms. The minimum absolute atomic E-state index is 0.221. The van der Waals surface area contributed by atoms with Crippen molar-refractivity contribution >= 4 is 0 Å². The van der Waals surface area contributed by atoms with Gasteiger partial charge in [-0.15, -0.1) is 0 Å². The maximum absolute atomic E-state index is 9.58. The molecule has 2 nitrogen and oxygen atoms in total. The van der Waals surface area contributed by atoms with Crippen LogP contribution in [0.15, 0.2) is 0 Å². The van der Waals surface area contributed by atoms with Crippen LogP contribution in [0.4, 0.5) is 0 Å². The molecule has 1 N–H and O–H groups in total. The Hall–Kier alpha value is -0.0800. The lowest BCUT2D eigenvalue weighted by Crippen LogP contribution is -2.48. The monoisotopic (exact) mass is 240 g/mol. The molecule has 0 aromatic rings. The lowest BCUT2D eigenvalue weighted by atomic mass is 9.65. The fraction of sp³-hybridized carbons (Fsp3) is 1.00. The minimum Gasteiger partial charge on any atom is -0.251 e. The summed E-state index contributed by atoms with van der Waals surface area (Å²) in [7, 11) is 0. The summed E-state index contributed by atoms with van der Waals surface area (Å²) in [5, 5.41) is 9.58. The largest absolute Gasteiger partial charge is 0.251 e. The molecule has 100 valence electrons. The van der Waals surface area contributed by atoms with Gasteiger partial charge in [-0.1, -0.05) is 45.4 Å². The lowest BCUT2D eigenvalue weighted by Gasteiger charge is -2.46. The SMILES string of the molecule is CCC(OO)(C1CCCCC1)C1CCCCC1. The second-order valence-corrected chi connectivity index (χ2v) is 6.07. The summed E-state index contributed by atoms with van der Waals surface area (Å²) in [5.74, 6) is 1.18. The molecular formula is C15H28O2. The summed E-state index contributed by atoms with van der Waals surface area (Å²) in [4.78, 5) is 5.17. The van der Waals surface area contributed by atoms with Crippen LogP contribution in [0.3, 0.4) is 0 Å². The Bertz CT molecular complexity index is 191. The Morgan fingerprint density at radius 1 is 0.882 bits per heavy atom. The zero-order valence-corrected chi connectivity index (χ0v) is 11.3. The fourth-order valence-electron chi connectivity index (χ4n) is 4.31. The van der Waals surface area contributed by atoms with Gasteiger partial charge in [0.15, 0.2) is 0 Å². The van der Waals surface area contributed by atoms with Gasteiger partial charge in [0.2, 0.25) is 0 Å². The molecule has 0 aromatic heterocycles. The lowest BCUT2D eigenvalue weighted by molar-refractivity contribution is -0.358. The van der Waals surface area contributed by atoms with Crippen LogP contribution in [-0.4, -0.2) is 10.9 Å². The third kappa shape index (κ3) is 2.68. The van der Waals surface area contributed by atoms with Gasteiger partial charge in [0, 0.05) is 0 Å². The quantitative estimate of drug-likeness (QED) is 0.565. The smallest absolute Gasteiger partial charge is 0.109 e. The summed E-state index contributed by atoms with van der Waals surface area (Å²) in [5.41, 5.74) is -0.221. The van der Waals surface area contributed by atoms with Crippen molar-refractivity contribution in [1.29, 1.82) is 0 Å². The van der Waals surface area contributed by atoms with E-state index in [9.17, 15) is 5.26 Å². The van der Waals surface area contributed by atoms with Crippen molar-refractivity contribution < 1.29 is 10.1 Å². The van der Waals surface area contributed by atoms with Crippen molar-refractivity contribution in [2.24, 2.45) is 11.8 Å². The van der Waals surface area contributed by atoms with E-state index in [1.165, 1.54) is 64.2 Å². The van der Waals surface area contributed by atoms with Crippen LogP contribution in [0, 0.1) is 11.8 Å². The molecule has 0 atom stereocenters. The Kier molecular flexibility index (Phi) is 4.87. The Morgan fingerprint density at radius 2 is 1.29 bits per heavy atom. The topological polar surface area (TPSA) is 29.5 Å². The molecule has 0 radical (unpaired) electrons. The molecule has 0 heterocycles. The normalized spacial score (nSPS) is 25.1. The average Bonchev–Trinajstić information content (AvgIpc) is 2.43. The van der Waals surface area contributed by atoms with Gasteiger partial charge in [0.25, 0.3) is 0 Å². The summed E-state index contributed by atoms with van der Waals surface area (Å²) in [6.45, 7) is 2.19. The van der Waals surface area contributed by atoms with Crippen molar-refractivity contribution in [3.8, 4) is 0 Å². The van der Waals surface area contributed by atoms with Gasteiger partial charge in [-0.2, -0.15) is 0 Å². The van der Waals surface area contributed by atoms with Gasteiger partial charge < -0.3 is 0 Å². The van der Waals surface area contributed by atoms with Crippen LogP contribution in [0.1, 0.15) is 77.6 Å². The van der Waals surface area contributed by atoms with E-state index in [4.69, 9.17) is 4.89 Å². The Balaban J connectivity index is 2.10. The van der Waals surface area contributed by atoms with Crippen molar-refractivity contribution in [2.45, 2.75) is 83.2 Å². The number of hydrogen-bond acceptors (Lipinski definition) is 2. The highest BCUT2D eigenvalue weighted by Gasteiger charge is 2.46. The maximum Gasteiger partial charge on any atom is 0.109 e. The van der Waals surface area contributed by atoms with Crippen molar-refractivity contribution in [1.82, 2.24) is 0 Å². The van der Waals surface area contributed by atoms with E-state index in [0.717, 1.165) is 6.42 Å². The van der Waals surface area contributed by atoms with Crippen LogP contribution in [0.25, 0.3) is 0 Å². The molecule has 2 aliphatic carbocycles. The second-order valence-electron chi connectivity index (χ2n) is 6.07. The molecule has 0 aliphatic heterocycles. The predicted molar refractivity (Wildman–Crippen MR) is 69.9 cm³/mol. The molecule has 2 heteroatoms. The highest BCUT2D eigenvalue weighted by Crippen LogP contribution is 2.46. The Labute approximate surface area is 106 Å². The first-order valence-corrected chi connectivity index (χ1v) is 7.66. The van der Waals surface area contributed by atoms with E-state index in [2.05, 4.69) is 6.92 Å². The van der Waals surface area contributed by atoms with E-state index in [-0.39, 0.29) is 5.60 Å². The minimum atomic E-state index is -0.221. The van der Waals surface area contributed by atoms with Gasteiger partial charge in [-0.25, -0.2) is 4.89 Å². The molecule has 2 fully saturated rings. The highest BCUT2D eigenvalue weighted by atomic mass is 17.1. The molecule has 0 amide bonds. The van der Waals surface area contributed by atoms with E-state index < -0.39 is 0 Å². The molecule has 0 aromatic carbocycles. The van der Waals surface area contributed by atoms with Crippen LogP contribution in [0.2, 0.25) is 0 Å². The summed E-state index contributed by atoms with van der Waals surface area (Å²) in [6, 6.07) is 0. The van der Waals surface area contributed by atoms with Gasteiger partial charge in [-0.3, -0.25) is 5.26 Å². The molecular weight excluding hydrogens is 212 g/mol. The standard InChI is InChI=1S/C15H28O2/c1-2-15(17-16,13-9-5-3-6-10-13)14-11-7-4-8-12-14/h13-14,16H,2-12H2,1H3. The molecule has 17 heavy (non-hydrogen) atoms. The van der Waals surface area contributed by atoms with E-state index in [0.29, 0.717) is 11.8 Å². The zero-order chi connectivity index (χ0) is 12.1. The van der Waals surface area contributed by atoms with Crippen LogP contribution in [0.5, 0.6) is 0 Å². The van der Waals surface area contributed by atoms with Crippen molar-refractivity contribution in [3.05, 3.63) is 0 Å². The third-order valence-corrected chi connectivity index (χ3v) is 5.31. The third-order valence-electron chi connectivity index (χ3n) is 5.31. The first-order chi connectivity index (χ1) is 8.33. The molecule has 2 rings (SSSR count). The molecule has 0 spiro atoms. The number of hydrogen-bond donors (Lipinski definition) is 1. The van der Waals surface area contributed by atoms with Crippen molar-refractivity contribution in [3.63, 3.8) is 0 Å². The van der Waals surface area contributed by atoms with Gasteiger partial charge in [0.1, 0.15) is 5.60 Å². The summed E-state index contributed by atoms with van der Waals surface area (Å²) >= 11 is 0. The Morgan fingerprint density at radius 3 is 1.59 bits per heavy atom. The van der Waals surface area contributed by atoms with Gasteiger partial charge in [0.05, 0.1) is 0 Å². The first-order valence-electron chi connectivity index (χ1n) is 7.66.